The molecule has 0 aromatic rings. The summed E-state index contributed by atoms with van der Waals surface area (Å²) in [6.45, 7) is 0.435. The third-order valence-corrected chi connectivity index (χ3v) is 2.86. The maximum absolute atomic E-state index is 11.1. The first-order valence-corrected chi connectivity index (χ1v) is 5.87. The summed E-state index contributed by atoms with van der Waals surface area (Å²) in [6.07, 6.45) is -3.53. The van der Waals surface area contributed by atoms with Crippen LogP contribution in [-0.4, -0.2) is 64.2 Å². The molecule has 0 aliphatic carbocycles. The minimum absolute atomic E-state index is 0.477. The maximum atomic E-state index is 11.1. The predicted octanol–water partition coefficient (Wildman–Crippen LogP) is -4.43. The van der Waals surface area contributed by atoms with Gasteiger partial charge in [0.15, 0.2) is 0 Å². The normalized spacial score (nSPS) is 28.9. The highest BCUT2D eigenvalue weighted by atomic mass is 16.5. The SMILES string of the molecule is CC(=O)N[C@H]1[C@H]([C@H](O)[C@H](O)CO)OC(C(=O)[O-])=C[C@@H]1N. The van der Waals surface area contributed by atoms with Crippen LogP contribution in [0, 0.1) is 0 Å². The van der Waals surface area contributed by atoms with Gasteiger partial charge in [-0.1, -0.05) is 0 Å². The summed E-state index contributed by atoms with van der Waals surface area (Å²) in [5.74, 6) is -2.72. The number of nitrogens with two attached hydrogens (primary N) is 1. The van der Waals surface area contributed by atoms with E-state index in [0.29, 0.717) is 0 Å². The first-order chi connectivity index (χ1) is 9.27. The van der Waals surface area contributed by atoms with Crippen LogP contribution >= 0.6 is 0 Å². The fourth-order valence-electron chi connectivity index (χ4n) is 1.89. The van der Waals surface area contributed by atoms with E-state index >= 15 is 0 Å². The molecule has 0 aromatic heterocycles. The van der Waals surface area contributed by atoms with Crippen molar-refractivity contribution >= 4 is 11.9 Å². The fourth-order valence-corrected chi connectivity index (χ4v) is 1.89. The minimum atomic E-state index is -1.65. The molecule has 1 aliphatic rings. The van der Waals surface area contributed by atoms with Gasteiger partial charge in [-0.2, -0.15) is 0 Å². The zero-order valence-corrected chi connectivity index (χ0v) is 10.7. The summed E-state index contributed by atoms with van der Waals surface area (Å²) >= 11 is 0. The second kappa shape index (κ2) is 6.66. The summed E-state index contributed by atoms with van der Waals surface area (Å²) < 4.78 is 5.00. The molecule has 9 nitrogen and oxygen atoms in total. The molecule has 0 saturated heterocycles. The van der Waals surface area contributed by atoms with Crippen LogP contribution in [0.2, 0.25) is 0 Å². The van der Waals surface area contributed by atoms with E-state index in [2.05, 4.69) is 5.32 Å². The van der Waals surface area contributed by atoms with Crippen LogP contribution in [0.5, 0.6) is 0 Å². The standard InChI is InChI=1S/C11H18N2O7/c1-4(15)13-8-5(12)2-7(11(18)19)20-10(8)9(17)6(16)3-14/h2,5-6,8-10,14,16-17H,3,12H2,1H3,(H,13,15)(H,18,19)/p-1/t5-,6+,8+,9+,10+/m0/s1. The highest BCUT2D eigenvalue weighted by Crippen LogP contribution is 2.21. The van der Waals surface area contributed by atoms with Crippen molar-refractivity contribution in [1.82, 2.24) is 5.32 Å². The van der Waals surface area contributed by atoms with Gasteiger partial charge >= 0.3 is 0 Å². The number of nitrogens with one attached hydrogen (secondary N) is 1. The molecule has 0 spiro atoms. The largest absolute Gasteiger partial charge is 0.542 e. The Labute approximate surface area is 114 Å². The number of carbonyl (C=O) groups is 2. The second-order valence-corrected chi connectivity index (χ2v) is 4.45. The molecule has 1 heterocycles. The molecule has 114 valence electrons. The molecule has 0 radical (unpaired) electrons. The number of aliphatic hydroxyl groups is 3. The van der Waals surface area contributed by atoms with Crippen molar-refractivity contribution in [2.24, 2.45) is 5.73 Å². The van der Waals surface area contributed by atoms with Crippen LogP contribution in [0.1, 0.15) is 6.92 Å². The number of carboxylic acid groups (broad SMARTS) is 1. The van der Waals surface area contributed by atoms with Crippen molar-refractivity contribution in [3.05, 3.63) is 11.8 Å². The third-order valence-electron chi connectivity index (χ3n) is 2.86. The minimum Gasteiger partial charge on any atom is -0.542 e. The van der Waals surface area contributed by atoms with Gasteiger partial charge in [-0.25, -0.2) is 0 Å². The van der Waals surface area contributed by atoms with Crippen LogP contribution in [0.3, 0.4) is 0 Å². The van der Waals surface area contributed by atoms with Crippen molar-refractivity contribution < 1.29 is 34.8 Å². The molecule has 20 heavy (non-hydrogen) atoms. The second-order valence-electron chi connectivity index (χ2n) is 4.45. The number of aliphatic hydroxyl groups excluding tert-OH is 3. The number of hydrogen-bond acceptors (Lipinski definition) is 8. The lowest BCUT2D eigenvalue weighted by Gasteiger charge is -2.39. The molecule has 0 unspecified atom stereocenters. The van der Waals surface area contributed by atoms with Gasteiger partial charge in [0.05, 0.1) is 18.7 Å². The number of aliphatic carboxylic acids is 1. The van der Waals surface area contributed by atoms with Gasteiger partial charge in [-0.05, 0) is 6.08 Å². The Morgan fingerprint density at radius 2 is 2.15 bits per heavy atom. The number of ether oxygens (including phenoxy) is 1. The van der Waals surface area contributed by atoms with E-state index in [9.17, 15) is 24.9 Å². The van der Waals surface area contributed by atoms with Gasteiger partial charge < -0.3 is 41.0 Å². The van der Waals surface area contributed by atoms with Crippen molar-refractivity contribution in [2.45, 2.75) is 37.3 Å². The lowest BCUT2D eigenvalue weighted by Crippen LogP contribution is -2.62. The van der Waals surface area contributed by atoms with Crippen molar-refractivity contribution in [2.75, 3.05) is 6.61 Å². The quantitative estimate of drug-likeness (QED) is 0.338. The van der Waals surface area contributed by atoms with Gasteiger partial charge in [0.2, 0.25) is 5.91 Å². The molecule has 9 heteroatoms. The Morgan fingerprint density at radius 3 is 2.60 bits per heavy atom. The molecular weight excluding hydrogens is 272 g/mol. The van der Waals surface area contributed by atoms with Crippen molar-refractivity contribution in [3.63, 3.8) is 0 Å². The van der Waals surface area contributed by atoms with E-state index in [4.69, 9.17) is 15.6 Å². The molecule has 6 N–H and O–H groups in total. The average molecular weight is 289 g/mol. The van der Waals surface area contributed by atoms with Crippen LogP contribution < -0.4 is 16.2 Å². The number of hydrogen-bond donors (Lipinski definition) is 5. The predicted molar refractivity (Wildman–Crippen MR) is 62.6 cm³/mol. The van der Waals surface area contributed by atoms with Crippen LogP contribution in [0.25, 0.3) is 0 Å². The van der Waals surface area contributed by atoms with Crippen LogP contribution in [0.4, 0.5) is 0 Å². The molecule has 0 fully saturated rings. The molecule has 0 bridgehead atoms. The zero-order chi connectivity index (χ0) is 15.4. The smallest absolute Gasteiger partial charge is 0.217 e. The fraction of sp³-hybridized carbons (Fsp3) is 0.636. The summed E-state index contributed by atoms with van der Waals surface area (Å²) in [7, 11) is 0. The number of rotatable bonds is 5. The van der Waals surface area contributed by atoms with Gasteiger partial charge in [-0.15, -0.1) is 0 Å². The van der Waals surface area contributed by atoms with E-state index in [-0.39, 0.29) is 0 Å². The maximum Gasteiger partial charge on any atom is 0.217 e. The summed E-state index contributed by atoms with van der Waals surface area (Å²) in [6, 6.07) is -1.93. The first-order valence-electron chi connectivity index (χ1n) is 5.87. The number of carboxylic acids is 1. The molecule has 1 amide bonds. The van der Waals surface area contributed by atoms with Crippen LogP contribution in [0.15, 0.2) is 11.8 Å². The van der Waals surface area contributed by atoms with E-state index in [1.807, 2.05) is 0 Å². The third kappa shape index (κ3) is 3.67. The first kappa shape index (κ1) is 16.4. The van der Waals surface area contributed by atoms with Gasteiger partial charge in [0.25, 0.3) is 0 Å². The number of carbonyl (C=O) groups excluding carboxylic acids is 2. The van der Waals surface area contributed by atoms with Gasteiger partial charge in [0, 0.05) is 6.92 Å². The molecular formula is C11H17N2O7-. The topological polar surface area (TPSA) is 165 Å². The monoisotopic (exact) mass is 289 g/mol. The average Bonchev–Trinajstić information content (AvgIpc) is 2.38. The Kier molecular flexibility index (Phi) is 5.45. The lowest BCUT2D eigenvalue weighted by molar-refractivity contribution is -0.305. The lowest BCUT2D eigenvalue weighted by atomic mass is 9.92. The Morgan fingerprint density at radius 1 is 1.55 bits per heavy atom. The highest BCUT2D eigenvalue weighted by molar-refractivity contribution is 5.83. The number of amides is 1. The van der Waals surface area contributed by atoms with Gasteiger partial charge in [-0.3, -0.25) is 4.79 Å². The molecule has 1 aliphatic heterocycles. The van der Waals surface area contributed by atoms with Crippen molar-refractivity contribution in [1.29, 1.82) is 0 Å². The Hall–Kier alpha value is -1.68. The molecule has 1 rings (SSSR count). The van der Waals surface area contributed by atoms with E-state index in [1.54, 1.807) is 0 Å². The summed E-state index contributed by atoms with van der Waals surface area (Å²) in [4.78, 5) is 21.9. The van der Waals surface area contributed by atoms with Gasteiger partial charge in [0.1, 0.15) is 30.0 Å². The molecule has 0 aromatic carbocycles. The summed E-state index contributed by atoms with van der Waals surface area (Å²) in [5, 5.41) is 41.3. The van der Waals surface area contributed by atoms with E-state index in [0.717, 1.165) is 6.08 Å². The molecule has 5 atom stereocenters. The Balaban J connectivity index is 3.04. The zero-order valence-electron chi connectivity index (χ0n) is 10.7. The van der Waals surface area contributed by atoms with E-state index < -0.39 is 54.6 Å². The van der Waals surface area contributed by atoms with Crippen LogP contribution in [-0.2, 0) is 14.3 Å². The molecule has 0 saturated carbocycles. The van der Waals surface area contributed by atoms with Crippen molar-refractivity contribution in [3.8, 4) is 0 Å². The Bertz CT molecular complexity index is 412. The summed E-state index contributed by atoms with van der Waals surface area (Å²) in [5.41, 5.74) is 5.71. The van der Waals surface area contributed by atoms with E-state index in [1.165, 1.54) is 6.92 Å². The highest BCUT2D eigenvalue weighted by Gasteiger charge is 2.41.